The number of nitrogens with zero attached hydrogens (tertiary/aromatic N) is 7. The molecule has 240 valence electrons. The maximum Gasteiger partial charge on any atom is 0.449 e. The number of carbonyl (C=O) groups excluding carboxylic acids is 1. The second kappa shape index (κ2) is 13.4. The lowest BCUT2D eigenvalue weighted by Gasteiger charge is -2.37. The number of nitrogens with two attached hydrogens (primary N) is 2. The Balaban J connectivity index is 1.45. The number of hydrogen-bond acceptors (Lipinski definition) is 7. The number of anilines is 2. The van der Waals surface area contributed by atoms with E-state index in [4.69, 9.17) is 16.1 Å². The average molecular weight is 616 g/mol. The first-order chi connectivity index (χ1) is 21.5. The fraction of sp³-hybridized carbons (Fsp3) is 0.559. The molecule has 6 N–H and O–H groups in total. The van der Waals surface area contributed by atoms with Gasteiger partial charge >= 0.3 is 11.7 Å². The molecule has 0 aromatic carbocycles. The summed E-state index contributed by atoms with van der Waals surface area (Å²) >= 11 is 0. The van der Waals surface area contributed by atoms with Crippen molar-refractivity contribution >= 4 is 29.1 Å². The number of aliphatic imine (C=N–C) groups is 1. The summed E-state index contributed by atoms with van der Waals surface area (Å²) in [5.41, 5.74) is 9.54. The highest BCUT2D eigenvalue weighted by molar-refractivity contribution is 6.03. The number of nitriles is 1. The third kappa shape index (κ3) is 7.06. The molecule has 3 heterocycles. The Labute approximate surface area is 266 Å². The van der Waals surface area contributed by atoms with Gasteiger partial charge in [0.25, 0.3) is 0 Å². The van der Waals surface area contributed by atoms with Gasteiger partial charge in [-0.2, -0.15) is 5.26 Å². The average Bonchev–Trinajstić information content (AvgIpc) is 3.86. The Bertz CT molecular complexity index is 1460. The topological polar surface area (TPSA) is 154 Å². The highest BCUT2D eigenvalue weighted by Crippen LogP contribution is 2.45. The second-order valence-corrected chi connectivity index (χ2v) is 13.2. The minimum Gasteiger partial charge on any atom is -0.563 e. The van der Waals surface area contributed by atoms with Crippen molar-refractivity contribution in [3.05, 3.63) is 52.9 Å². The third-order valence-corrected chi connectivity index (χ3v) is 9.82. The van der Waals surface area contributed by atoms with E-state index in [1.807, 2.05) is 24.8 Å². The molecule has 3 fully saturated rings. The first-order valence-corrected chi connectivity index (χ1v) is 16.2. The Morgan fingerprint density at radius 3 is 2.47 bits per heavy atom. The van der Waals surface area contributed by atoms with Gasteiger partial charge in [0, 0.05) is 81.3 Å². The number of rotatable bonds is 8. The summed E-state index contributed by atoms with van der Waals surface area (Å²) in [6.07, 6.45) is 6.47. The van der Waals surface area contributed by atoms with Gasteiger partial charge in [0.15, 0.2) is 5.69 Å². The number of piperazine rings is 2. The van der Waals surface area contributed by atoms with Crippen molar-refractivity contribution in [2.24, 2.45) is 22.1 Å². The summed E-state index contributed by atoms with van der Waals surface area (Å²) in [4.78, 5) is 30.8. The zero-order chi connectivity index (χ0) is 32.3. The van der Waals surface area contributed by atoms with Gasteiger partial charge in [-0.1, -0.05) is 12.2 Å². The minimum absolute atomic E-state index is 0.0520. The van der Waals surface area contributed by atoms with Gasteiger partial charge < -0.3 is 25.5 Å². The first-order valence-electron chi connectivity index (χ1n) is 16.2. The molecule has 1 atom stereocenters. The van der Waals surface area contributed by atoms with E-state index in [-0.39, 0.29) is 17.6 Å². The molecular formula is C34H49N9O2+2. The maximum atomic E-state index is 12.2. The van der Waals surface area contributed by atoms with E-state index in [1.54, 1.807) is 6.92 Å². The van der Waals surface area contributed by atoms with Crippen LogP contribution in [0.2, 0.25) is 0 Å². The highest BCUT2D eigenvalue weighted by atomic mass is 16.3. The monoisotopic (exact) mass is 615 g/mol. The molecule has 2 aliphatic carbocycles. The van der Waals surface area contributed by atoms with E-state index in [1.165, 1.54) is 25.5 Å². The SMILES string of the molecule is C=CC(=O)N1CCN(c2cc(C(=[NH2+])N=C([OH2+])C3(C)CCCC(C)=C3/C(C#N)=C(\C)N)nc(N3CCN(CC4CC4)CC3)c2)CC1. The molecule has 1 saturated carbocycles. The fourth-order valence-electron chi connectivity index (χ4n) is 6.91. The molecule has 0 spiro atoms. The molecule has 11 heteroatoms. The normalized spacial score (nSPS) is 23.9. The summed E-state index contributed by atoms with van der Waals surface area (Å²) < 4.78 is 0. The van der Waals surface area contributed by atoms with Gasteiger partial charge in [0.05, 0.1) is 5.57 Å². The van der Waals surface area contributed by atoms with Crippen molar-refractivity contribution in [3.8, 4) is 6.07 Å². The fourth-order valence-corrected chi connectivity index (χ4v) is 6.91. The number of hydrogen-bond donors (Lipinski definition) is 2. The third-order valence-electron chi connectivity index (χ3n) is 9.82. The molecule has 45 heavy (non-hydrogen) atoms. The van der Waals surface area contributed by atoms with Crippen molar-refractivity contribution in [1.29, 1.82) is 5.26 Å². The van der Waals surface area contributed by atoms with Crippen LogP contribution in [-0.2, 0) is 4.79 Å². The number of amidine groups is 1. The molecule has 4 aliphatic rings. The second-order valence-electron chi connectivity index (χ2n) is 13.2. The predicted molar refractivity (Wildman–Crippen MR) is 179 cm³/mol. The predicted octanol–water partition coefficient (Wildman–Crippen LogP) is 1.34. The lowest BCUT2D eigenvalue weighted by molar-refractivity contribution is -0.126. The standard InChI is InChI=1S/C34H47N9O2/c1-5-30(44)43-17-15-41(16-18-43)26-19-28(38-29(20-26)42-13-11-40(12-14-42)22-25-8-9-25)32(37)39-33(45)34(4)10-6-7-23(2)31(34)27(21-35)24(3)36/h5,19-20,25H,1,6-18,22,36H2,2-4H3,(H2,37,39,45)/p+2/b27-24+. The molecule has 1 aromatic rings. The highest BCUT2D eigenvalue weighted by Gasteiger charge is 2.48. The Hall–Kier alpha value is -4.17. The van der Waals surface area contributed by atoms with Crippen LogP contribution >= 0.6 is 0 Å². The summed E-state index contributed by atoms with van der Waals surface area (Å²) in [5.74, 6) is 1.93. The van der Waals surface area contributed by atoms with E-state index in [9.17, 15) is 15.2 Å². The number of amides is 1. The molecule has 1 unspecified atom stereocenters. The first kappa shape index (κ1) is 32.2. The van der Waals surface area contributed by atoms with E-state index in [2.05, 4.69) is 38.4 Å². The summed E-state index contributed by atoms with van der Waals surface area (Å²) in [6.45, 7) is 16.8. The van der Waals surface area contributed by atoms with E-state index >= 15 is 0 Å². The Kier molecular flexibility index (Phi) is 9.63. The van der Waals surface area contributed by atoms with E-state index in [0.717, 1.165) is 67.6 Å². The largest absolute Gasteiger partial charge is 0.563 e. The van der Waals surface area contributed by atoms with Gasteiger partial charge in [-0.25, -0.2) is 4.98 Å². The van der Waals surface area contributed by atoms with Crippen LogP contribution in [0.3, 0.4) is 0 Å². The molecule has 1 aromatic heterocycles. The summed E-state index contributed by atoms with van der Waals surface area (Å²) in [6, 6.07) is 6.34. The van der Waals surface area contributed by atoms with E-state index in [0.29, 0.717) is 49.6 Å². The van der Waals surface area contributed by atoms with Crippen LogP contribution < -0.4 is 20.9 Å². The van der Waals surface area contributed by atoms with Gasteiger partial charge in [0.1, 0.15) is 17.3 Å². The van der Waals surface area contributed by atoms with Gasteiger partial charge in [-0.3, -0.25) is 15.1 Å². The van der Waals surface area contributed by atoms with Crippen LogP contribution in [0.4, 0.5) is 11.5 Å². The van der Waals surface area contributed by atoms with Crippen molar-refractivity contribution in [2.45, 2.75) is 52.9 Å². The van der Waals surface area contributed by atoms with Gasteiger partial charge in [0.2, 0.25) is 5.91 Å². The smallest absolute Gasteiger partial charge is 0.449 e. The molecule has 5 rings (SSSR count). The zero-order valence-electron chi connectivity index (χ0n) is 27.1. The Morgan fingerprint density at radius 1 is 1.20 bits per heavy atom. The van der Waals surface area contributed by atoms with Crippen molar-refractivity contribution in [2.75, 3.05) is 68.7 Å². The maximum absolute atomic E-state index is 12.2. The van der Waals surface area contributed by atoms with Gasteiger partial charge in [-0.05, 0) is 76.5 Å². The van der Waals surface area contributed by atoms with Crippen molar-refractivity contribution in [1.82, 2.24) is 14.8 Å². The van der Waals surface area contributed by atoms with Crippen LogP contribution in [0.15, 0.2) is 52.2 Å². The molecule has 2 aliphatic heterocycles. The van der Waals surface area contributed by atoms with Crippen LogP contribution in [0, 0.1) is 22.7 Å². The Morgan fingerprint density at radius 2 is 1.87 bits per heavy atom. The lowest BCUT2D eigenvalue weighted by atomic mass is 9.68. The van der Waals surface area contributed by atoms with Crippen LogP contribution in [0.1, 0.15) is 58.6 Å². The van der Waals surface area contributed by atoms with Crippen molar-refractivity contribution < 1.29 is 15.3 Å². The summed E-state index contributed by atoms with van der Waals surface area (Å²) in [7, 11) is 0. The number of carbonyl (C=O) groups is 1. The number of allylic oxidation sites excluding steroid dienone is 3. The minimum atomic E-state index is -0.801. The molecule has 2 saturated heterocycles. The van der Waals surface area contributed by atoms with Crippen LogP contribution in [0.25, 0.3) is 0 Å². The molecule has 0 radical (unpaired) electrons. The molecule has 1 amide bonds. The zero-order valence-corrected chi connectivity index (χ0v) is 27.1. The lowest BCUT2D eigenvalue weighted by Crippen LogP contribution is -2.49. The molecular weight excluding hydrogens is 566 g/mol. The van der Waals surface area contributed by atoms with Crippen LogP contribution in [0.5, 0.6) is 0 Å². The summed E-state index contributed by atoms with van der Waals surface area (Å²) in [5, 5.41) is 25.8. The van der Waals surface area contributed by atoms with E-state index < -0.39 is 5.41 Å². The van der Waals surface area contributed by atoms with Gasteiger partial charge in [-0.15, -0.1) is 0 Å². The van der Waals surface area contributed by atoms with Crippen molar-refractivity contribution in [3.63, 3.8) is 0 Å². The molecule has 11 nitrogen and oxygen atoms in total. The quantitative estimate of drug-likeness (QED) is 0.147. The van der Waals surface area contributed by atoms with Crippen LogP contribution in [-0.4, -0.2) is 96.4 Å². The number of aromatic nitrogens is 1. The number of pyridine rings is 1. The molecule has 0 bridgehead atoms.